The first-order valence-electron chi connectivity index (χ1n) is 7.94. The Morgan fingerprint density at radius 1 is 1.30 bits per heavy atom. The van der Waals surface area contributed by atoms with Gasteiger partial charge in [-0.3, -0.25) is 4.79 Å². The molecule has 0 radical (unpaired) electrons. The largest absolute Gasteiger partial charge is 0.326 e. The van der Waals surface area contributed by atoms with E-state index in [0.29, 0.717) is 12.3 Å². The summed E-state index contributed by atoms with van der Waals surface area (Å²) in [7, 11) is 0. The molecule has 108 valence electrons. The molecule has 1 unspecified atom stereocenters. The molecule has 2 N–H and O–H groups in total. The van der Waals surface area contributed by atoms with Crippen LogP contribution in [0.25, 0.3) is 0 Å². The second-order valence-electron chi connectivity index (χ2n) is 6.10. The number of anilines is 1. The van der Waals surface area contributed by atoms with E-state index in [1.54, 1.807) is 0 Å². The number of benzene rings is 1. The van der Waals surface area contributed by atoms with E-state index >= 15 is 0 Å². The Labute approximate surface area is 121 Å². The van der Waals surface area contributed by atoms with Gasteiger partial charge in [0.05, 0.1) is 0 Å². The standard InChI is InChI=1S/C17H24N2O/c20-17(9-8-13-10-11-18-12-13)19-16-7-3-5-14-4-1-2-6-15(14)16/h3,5,7,13,18H,1-2,4,6,8-12H2,(H,19,20). The van der Waals surface area contributed by atoms with Crippen LogP contribution in [0.5, 0.6) is 0 Å². The molecule has 1 atom stereocenters. The number of carbonyl (C=O) groups is 1. The molecule has 1 aliphatic carbocycles. The molecule has 1 aliphatic heterocycles. The van der Waals surface area contributed by atoms with Gasteiger partial charge in [0, 0.05) is 12.1 Å². The van der Waals surface area contributed by atoms with Crippen molar-refractivity contribution in [2.45, 2.75) is 44.9 Å². The molecule has 20 heavy (non-hydrogen) atoms. The van der Waals surface area contributed by atoms with Crippen LogP contribution in [0.15, 0.2) is 18.2 Å². The summed E-state index contributed by atoms with van der Waals surface area (Å²) >= 11 is 0. The molecule has 1 aromatic carbocycles. The van der Waals surface area contributed by atoms with E-state index < -0.39 is 0 Å². The van der Waals surface area contributed by atoms with Crippen LogP contribution in [0.1, 0.15) is 43.2 Å². The number of aryl methyl sites for hydroxylation is 1. The van der Waals surface area contributed by atoms with Gasteiger partial charge in [0.25, 0.3) is 0 Å². The Kier molecular flexibility index (Phi) is 4.36. The Bertz CT molecular complexity index is 478. The van der Waals surface area contributed by atoms with Crippen molar-refractivity contribution >= 4 is 11.6 Å². The van der Waals surface area contributed by atoms with Crippen LogP contribution in [0.2, 0.25) is 0 Å². The maximum atomic E-state index is 12.1. The number of carbonyl (C=O) groups excluding carboxylic acids is 1. The minimum atomic E-state index is 0.177. The second-order valence-corrected chi connectivity index (χ2v) is 6.10. The molecule has 0 spiro atoms. The van der Waals surface area contributed by atoms with E-state index in [0.717, 1.165) is 38.0 Å². The van der Waals surface area contributed by atoms with Gasteiger partial charge in [0.15, 0.2) is 0 Å². The van der Waals surface area contributed by atoms with Gasteiger partial charge in [-0.2, -0.15) is 0 Å². The van der Waals surface area contributed by atoms with E-state index in [1.165, 1.54) is 30.4 Å². The first-order valence-corrected chi connectivity index (χ1v) is 7.94. The molecule has 3 heteroatoms. The van der Waals surface area contributed by atoms with Crippen LogP contribution >= 0.6 is 0 Å². The highest BCUT2D eigenvalue weighted by atomic mass is 16.1. The lowest BCUT2D eigenvalue weighted by Gasteiger charge is -2.19. The van der Waals surface area contributed by atoms with Gasteiger partial charge < -0.3 is 10.6 Å². The zero-order valence-electron chi connectivity index (χ0n) is 12.1. The van der Waals surface area contributed by atoms with Gasteiger partial charge >= 0.3 is 0 Å². The number of fused-ring (bicyclic) bond motifs is 1. The summed E-state index contributed by atoms with van der Waals surface area (Å²) in [6, 6.07) is 6.33. The van der Waals surface area contributed by atoms with E-state index in [4.69, 9.17) is 0 Å². The third-order valence-corrected chi connectivity index (χ3v) is 4.61. The summed E-state index contributed by atoms with van der Waals surface area (Å²) < 4.78 is 0. The predicted octanol–water partition coefficient (Wildman–Crippen LogP) is 2.89. The van der Waals surface area contributed by atoms with E-state index in [1.807, 2.05) is 0 Å². The Morgan fingerprint density at radius 2 is 2.20 bits per heavy atom. The van der Waals surface area contributed by atoms with Gasteiger partial charge in [0.2, 0.25) is 5.91 Å². The van der Waals surface area contributed by atoms with Crippen LogP contribution in [0, 0.1) is 5.92 Å². The van der Waals surface area contributed by atoms with E-state index in [2.05, 4.69) is 28.8 Å². The fraction of sp³-hybridized carbons (Fsp3) is 0.588. The zero-order chi connectivity index (χ0) is 13.8. The Morgan fingerprint density at radius 3 is 3.05 bits per heavy atom. The molecule has 1 saturated heterocycles. The quantitative estimate of drug-likeness (QED) is 0.885. The van der Waals surface area contributed by atoms with Crippen LogP contribution in [0.3, 0.4) is 0 Å². The number of nitrogens with one attached hydrogen (secondary N) is 2. The summed E-state index contributed by atoms with van der Waals surface area (Å²) in [5.74, 6) is 0.862. The third-order valence-electron chi connectivity index (χ3n) is 4.61. The third kappa shape index (κ3) is 3.21. The number of amides is 1. The van der Waals surface area contributed by atoms with Gasteiger partial charge in [-0.25, -0.2) is 0 Å². The summed E-state index contributed by atoms with van der Waals surface area (Å²) in [5, 5.41) is 6.49. The van der Waals surface area contributed by atoms with Crippen molar-refractivity contribution in [3.63, 3.8) is 0 Å². The SMILES string of the molecule is O=C(CCC1CCNC1)Nc1cccc2c1CCCC2. The van der Waals surface area contributed by atoms with Crippen molar-refractivity contribution in [1.82, 2.24) is 5.32 Å². The van der Waals surface area contributed by atoms with Crippen molar-refractivity contribution in [2.75, 3.05) is 18.4 Å². The molecule has 1 aromatic rings. The summed E-state index contributed by atoms with van der Waals surface area (Å²) in [6.45, 7) is 2.19. The van der Waals surface area contributed by atoms with Crippen LogP contribution in [0.4, 0.5) is 5.69 Å². The second kappa shape index (κ2) is 6.40. The average molecular weight is 272 g/mol. The minimum absolute atomic E-state index is 0.177. The topological polar surface area (TPSA) is 41.1 Å². The van der Waals surface area contributed by atoms with Crippen LogP contribution in [-0.2, 0) is 17.6 Å². The molecular weight excluding hydrogens is 248 g/mol. The van der Waals surface area contributed by atoms with Crippen molar-refractivity contribution in [2.24, 2.45) is 5.92 Å². The summed E-state index contributed by atoms with van der Waals surface area (Å²) in [5.41, 5.74) is 3.85. The summed E-state index contributed by atoms with van der Waals surface area (Å²) in [6.07, 6.45) is 7.66. The first-order chi connectivity index (χ1) is 9.83. The first kappa shape index (κ1) is 13.6. The number of hydrogen-bond donors (Lipinski definition) is 2. The lowest BCUT2D eigenvalue weighted by molar-refractivity contribution is -0.116. The van der Waals surface area contributed by atoms with E-state index in [9.17, 15) is 4.79 Å². The molecule has 0 bridgehead atoms. The zero-order valence-corrected chi connectivity index (χ0v) is 12.1. The molecular formula is C17H24N2O. The van der Waals surface area contributed by atoms with Crippen LogP contribution < -0.4 is 10.6 Å². The lowest BCUT2D eigenvalue weighted by Crippen LogP contribution is -2.17. The molecule has 2 aliphatic rings. The van der Waals surface area contributed by atoms with Gasteiger partial charge in [-0.05, 0) is 74.7 Å². The normalized spacial score (nSPS) is 21.5. The lowest BCUT2D eigenvalue weighted by atomic mass is 9.90. The van der Waals surface area contributed by atoms with Crippen molar-refractivity contribution < 1.29 is 4.79 Å². The average Bonchev–Trinajstić information content (AvgIpc) is 2.99. The molecule has 3 nitrogen and oxygen atoms in total. The highest BCUT2D eigenvalue weighted by Gasteiger charge is 2.17. The number of rotatable bonds is 4. The number of hydrogen-bond acceptors (Lipinski definition) is 2. The smallest absolute Gasteiger partial charge is 0.224 e. The Hall–Kier alpha value is -1.35. The van der Waals surface area contributed by atoms with Gasteiger partial charge in [0.1, 0.15) is 0 Å². The molecule has 0 aromatic heterocycles. The van der Waals surface area contributed by atoms with Gasteiger partial charge in [-0.1, -0.05) is 12.1 Å². The maximum absolute atomic E-state index is 12.1. The maximum Gasteiger partial charge on any atom is 0.224 e. The van der Waals surface area contributed by atoms with Gasteiger partial charge in [-0.15, -0.1) is 0 Å². The Balaban J connectivity index is 1.58. The van der Waals surface area contributed by atoms with Crippen LogP contribution in [-0.4, -0.2) is 19.0 Å². The van der Waals surface area contributed by atoms with Crippen molar-refractivity contribution in [3.05, 3.63) is 29.3 Å². The van der Waals surface area contributed by atoms with E-state index in [-0.39, 0.29) is 5.91 Å². The van der Waals surface area contributed by atoms with Crippen molar-refractivity contribution in [3.8, 4) is 0 Å². The molecule has 1 amide bonds. The molecule has 0 saturated carbocycles. The fourth-order valence-electron chi connectivity index (χ4n) is 3.41. The molecule has 1 heterocycles. The minimum Gasteiger partial charge on any atom is -0.326 e. The monoisotopic (exact) mass is 272 g/mol. The fourth-order valence-corrected chi connectivity index (χ4v) is 3.41. The highest BCUT2D eigenvalue weighted by Crippen LogP contribution is 2.28. The predicted molar refractivity (Wildman–Crippen MR) is 81.9 cm³/mol. The molecule has 3 rings (SSSR count). The molecule has 1 fully saturated rings. The van der Waals surface area contributed by atoms with Crippen molar-refractivity contribution in [1.29, 1.82) is 0 Å². The summed E-state index contributed by atoms with van der Waals surface area (Å²) in [4.78, 5) is 12.1. The highest BCUT2D eigenvalue weighted by molar-refractivity contribution is 5.91.